The lowest BCUT2D eigenvalue weighted by Gasteiger charge is -2.18. The summed E-state index contributed by atoms with van der Waals surface area (Å²) in [5, 5.41) is 0. The molecule has 2 N–H and O–H groups in total. The number of fused-ring (bicyclic) bond motifs is 1. The Hall–Kier alpha value is -1.46. The van der Waals surface area contributed by atoms with Crippen molar-refractivity contribution < 1.29 is 9.13 Å². The second-order valence-corrected chi connectivity index (χ2v) is 4.53. The molecule has 98 valence electrons. The fourth-order valence-corrected chi connectivity index (χ4v) is 2.16. The molecule has 0 bridgehead atoms. The Balaban J connectivity index is 2.69. The Kier molecular flexibility index (Phi) is 3.63. The lowest BCUT2D eigenvalue weighted by molar-refractivity contribution is 0.0992. The van der Waals surface area contributed by atoms with E-state index in [1.807, 2.05) is 18.4 Å². The van der Waals surface area contributed by atoms with Gasteiger partial charge in [0.15, 0.2) is 0 Å². The van der Waals surface area contributed by atoms with E-state index in [1.54, 1.807) is 13.2 Å². The number of methoxy groups -OCH3 is 1. The Bertz CT molecular complexity index is 546. The van der Waals surface area contributed by atoms with Crippen LogP contribution in [0.2, 0.25) is 0 Å². The number of imidazole rings is 1. The van der Waals surface area contributed by atoms with Crippen LogP contribution in [0.15, 0.2) is 18.2 Å². The minimum absolute atomic E-state index is 0.163. The zero-order valence-corrected chi connectivity index (χ0v) is 10.9. The van der Waals surface area contributed by atoms with Gasteiger partial charge in [-0.25, -0.2) is 9.37 Å². The molecule has 2 aromatic rings. The van der Waals surface area contributed by atoms with Crippen molar-refractivity contribution in [3.8, 4) is 0 Å². The fourth-order valence-electron chi connectivity index (χ4n) is 2.16. The molecule has 18 heavy (non-hydrogen) atoms. The van der Waals surface area contributed by atoms with Crippen LogP contribution in [0.3, 0.4) is 0 Å². The normalized spacial score (nSPS) is 13.4. The SMILES string of the molecule is COC(CN)c1nc2ccc(F)cc2n1C(C)C. The summed E-state index contributed by atoms with van der Waals surface area (Å²) in [4.78, 5) is 4.51. The quantitative estimate of drug-likeness (QED) is 0.907. The molecule has 5 heteroatoms. The predicted molar refractivity (Wildman–Crippen MR) is 68.9 cm³/mol. The number of rotatable bonds is 4. The maximum absolute atomic E-state index is 13.4. The highest BCUT2D eigenvalue weighted by Gasteiger charge is 2.20. The van der Waals surface area contributed by atoms with Crippen LogP contribution >= 0.6 is 0 Å². The highest BCUT2D eigenvalue weighted by molar-refractivity contribution is 5.76. The number of benzene rings is 1. The monoisotopic (exact) mass is 251 g/mol. The van der Waals surface area contributed by atoms with Crippen molar-refractivity contribution in [2.24, 2.45) is 5.73 Å². The van der Waals surface area contributed by atoms with Crippen LogP contribution in [0, 0.1) is 5.82 Å². The van der Waals surface area contributed by atoms with Gasteiger partial charge in [0.05, 0.1) is 11.0 Å². The Morgan fingerprint density at radius 3 is 2.72 bits per heavy atom. The Morgan fingerprint density at radius 1 is 1.44 bits per heavy atom. The molecule has 1 aromatic heterocycles. The summed E-state index contributed by atoms with van der Waals surface area (Å²) in [6.07, 6.45) is -0.275. The Morgan fingerprint density at radius 2 is 2.17 bits per heavy atom. The van der Waals surface area contributed by atoms with E-state index in [2.05, 4.69) is 4.98 Å². The van der Waals surface area contributed by atoms with Gasteiger partial charge >= 0.3 is 0 Å². The van der Waals surface area contributed by atoms with E-state index in [-0.39, 0.29) is 18.0 Å². The highest BCUT2D eigenvalue weighted by Crippen LogP contribution is 2.26. The van der Waals surface area contributed by atoms with Gasteiger partial charge in [0, 0.05) is 19.7 Å². The predicted octanol–water partition coefficient (Wildman–Crippen LogP) is 2.40. The summed E-state index contributed by atoms with van der Waals surface area (Å²) in [7, 11) is 1.60. The number of nitrogens with zero attached hydrogens (tertiary/aromatic N) is 2. The summed E-state index contributed by atoms with van der Waals surface area (Å²) in [5.41, 5.74) is 7.22. The van der Waals surface area contributed by atoms with Gasteiger partial charge < -0.3 is 15.0 Å². The molecule has 0 spiro atoms. The van der Waals surface area contributed by atoms with Crippen molar-refractivity contribution in [1.29, 1.82) is 0 Å². The molecule has 0 radical (unpaired) electrons. The van der Waals surface area contributed by atoms with Crippen LogP contribution in [0.4, 0.5) is 4.39 Å². The van der Waals surface area contributed by atoms with Gasteiger partial charge in [-0.05, 0) is 32.0 Å². The lowest BCUT2D eigenvalue weighted by atomic mass is 10.2. The molecule has 0 aliphatic carbocycles. The van der Waals surface area contributed by atoms with Crippen molar-refractivity contribution in [1.82, 2.24) is 9.55 Å². The number of hydrogen-bond acceptors (Lipinski definition) is 3. The van der Waals surface area contributed by atoms with Crippen molar-refractivity contribution in [2.45, 2.75) is 26.0 Å². The first-order valence-corrected chi connectivity index (χ1v) is 5.98. The van der Waals surface area contributed by atoms with Gasteiger partial charge in [0.1, 0.15) is 17.7 Å². The number of nitrogens with two attached hydrogens (primary N) is 1. The maximum Gasteiger partial charge on any atom is 0.140 e. The molecule has 1 aromatic carbocycles. The summed E-state index contributed by atoms with van der Waals surface area (Å²) in [6, 6.07) is 4.75. The third kappa shape index (κ3) is 2.11. The summed E-state index contributed by atoms with van der Waals surface area (Å²) in [6.45, 7) is 4.40. The molecule has 4 nitrogen and oxygen atoms in total. The summed E-state index contributed by atoms with van der Waals surface area (Å²) in [5.74, 6) is 0.480. The number of aromatic nitrogens is 2. The second-order valence-electron chi connectivity index (χ2n) is 4.53. The first-order chi connectivity index (χ1) is 8.58. The topological polar surface area (TPSA) is 53.1 Å². The zero-order valence-electron chi connectivity index (χ0n) is 10.9. The van der Waals surface area contributed by atoms with Crippen molar-refractivity contribution in [3.05, 3.63) is 29.8 Å². The molecule has 1 atom stereocenters. The third-order valence-corrected chi connectivity index (χ3v) is 2.98. The van der Waals surface area contributed by atoms with Crippen LogP contribution in [0.1, 0.15) is 31.8 Å². The minimum Gasteiger partial charge on any atom is -0.372 e. The second kappa shape index (κ2) is 5.04. The van der Waals surface area contributed by atoms with Gasteiger partial charge in [-0.2, -0.15) is 0 Å². The highest BCUT2D eigenvalue weighted by atomic mass is 19.1. The smallest absolute Gasteiger partial charge is 0.140 e. The Labute approximate surface area is 106 Å². The molecule has 2 rings (SSSR count). The molecular weight excluding hydrogens is 233 g/mol. The van der Waals surface area contributed by atoms with Crippen LogP contribution in [-0.4, -0.2) is 23.2 Å². The molecule has 0 fully saturated rings. The van der Waals surface area contributed by atoms with E-state index in [0.29, 0.717) is 6.54 Å². The molecule has 0 saturated heterocycles. The summed E-state index contributed by atoms with van der Waals surface area (Å²) >= 11 is 0. The molecule has 0 amide bonds. The first-order valence-electron chi connectivity index (χ1n) is 5.98. The minimum atomic E-state index is -0.275. The maximum atomic E-state index is 13.4. The fraction of sp³-hybridized carbons (Fsp3) is 0.462. The van der Waals surface area contributed by atoms with Gasteiger partial charge in [0.2, 0.25) is 0 Å². The lowest BCUT2D eigenvalue weighted by Crippen LogP contribution is -2.19. The van der Waals surface area contributed by atoms with Gasteiger partial charge in [0.25, 0.3) is 0 Å². The third-order valence-electron chi connectivity index (χ3n) is 2.98. The molecule has 0 saturated carbocycles. The average molecular weight is 251 g/mol. The molecule has 1 heterocycles. The van der Waals surface area contributed by atoms with Crippen LogP contribution < -0.4 is 5.73 Å². The van der Waals surface area contributed by atoms with Crippen LogP contribution in [0.5, 0.6) is 0 Å². The number of hydrogen-bond donors (Lipinski definition) is 1. The van der Waals surface area contributed by atoms with Crippen LogP contribution in [-0.2, 0) is 4.74 Å². The largest absolute Gasteiger partial charge is 0.372 e. The van der Waals surface area contributed by atoms with E-state index < -0.39 is 0 Å². The van der Waals surface area contributed by atoms with Crippen LogP contribution in [0.25, 0.3) is 11.0 Å². The molecule has 0 aliphatic rings. The van der Waals surface area contributed by atoms with E-state index in [0.717, 1.165) is 16.9 Å². The summed E-state index contributed by atoms with van der Waals surface area (Å²) < 4.78 is 20.7. The van der Waals surface area contributed by atoms with E-state index in [4.69, 9.17) is 10.5 Å². The van der Waals surface area contributed by atoms with E-state index >= 15 is 0 Å². The van der Waals surface area contributed by atoms with Gasteiger partial charge in [-0.1, -0.05) is 0 Å². The van der Waals surface area contributed by atoms with Crippen molar-refractivity contribution in [2.75, 3.05) is 13.7 Å². The number of ether oxygens (including phenoxy) is 1. The first kappa shape index (κ1) is 13.0. The zero-order chi connectivity index (χ0) is 13.3. The van der Waals surface area contributed by atoms with Crippen molar-refractivity contribution >= 4 is 11.0 Å². The molecular formula is C13H18FN3O. The van der Waals surface area contributed by atoms with E-state index in [9.17, 15) is 4.39 Å². The van der Waals surface area contributed by atoms with Gasteiger partial charge in [-0.15, -0.1) is 0 Å². The molecule has 1 unspecified atom stereocenters. The standard InChI is InChI=1S/C13H18FN3O/c1-8(2)17-11-6-9(14)4-5-10(11)16-13(17)12(7-15)18-3/h4-6,8,12H,7,15H2,1-3H3. The van der Waals surface area contributed by atoms with Crippen molar-refractivity contribution in [3.63, 3.8) is 0 Å². The van der Waals surface area contributed by atoms with E-state index in [1.165, 1.54) is 12.1 Å². The molecule has 0 aliphatic heterocycles. The average Bonchev–Trinajstić information content (AvgIpc) is 2.69. The number of halogens is 1. The van der Waals surface area contributed by atoms with Gasteiger partial charge in [-0.3, -0.25) is 0 Å².